The van der Waals surface area contributed by atoms with Gasteiger partial charge in [0.25, 0.3) is 0 Å². The van der Waals surface area contributed by atoms with E-state index in [1.54, 1.807) is 0 Å². The molecule has 4 heteroatoms. The Bertz CT molecular complexity index is 621. The Balaban J connectivity index is 1.73. The molecule has 0 amide bonds. The molecule has 1 aliphatic heterocycles. The van der Waals surface area contributed by atoms with Crippen LogP contribution in [-0.2, 0) is 9.53 Å². The van der Waals surface area contributed by atoms with Crippen molar-refractivity contribution in [3.05, 3.63) is 41.5 Å². The molecule has 2 aliphatic rings. The Morgan fingerprint density at radius 2 is 2.13 bits per heavy atom. The Kier molecular flexibility index (Phi) is 4.55. The van der Waals surface area contributed by atoms with Crippen molar-refractivity contribution in [3.63, 3.8) is 0 Å². The molecule has 1 N–H and O–H groups in total. The van der Waals surface area contributed by atoms with Gasteiger partial charge in [-0.1, -0.05) is 30.3 Å². The van der Waals surface area contributed by atoms with Crippen LogP contribution in [0, 0.1) is 0 Å². The highest BCUT2D eigenvalue weighted by Gasteiger charge is 2.35. The topological polar surface area (TPSA) is 46.5 Å². The van der Waals surface area contributed by atoms with Crippen molar-refractivity contribution in [2.24, 2.45) is 0 Å². The minimum atomic E-state index is -1.20. The Hall–Kier alpha value is -1.65. The summed E-state index contributed by atoms with van der Waals surface area (Å²) in [6.45, 7) is 1.81. The van der Waals surface area contributed by atoms with Crippen LogP contribution in [0.15, 0.2) is 30.3 Å². The van der Waals surface area contributed by atoms with E-state index in [4.69, 9.17) is 4.74 Å². The smallest absolute Gasteiger partial charge is 0.340 e. The molecule has 0 spiro atoms. The molecule has 3 rings (SSSR count). The van der Waals surface area contributed by atoms with Crippen molar-refractivity contribution in [1.82, 2.24) is 0 Å². The minimum absolute atomic E-state index is 0.0926. The fourth-order valence-corrected chi connectivity index (χ4v) is 3.62. The second kappa shape index (κ2) is 6.46. The molecular formula is C19H26NO3+. The number of benzene rings is 1. The molecule has 1 aliphatic carbocycles. The lowest BCUT2D eigenvalue weighted by atomic mass is 9.95. The molecule has 1 saturated heterocycles. The fraction of sp³-hybridized carbons (Fsp3) is 0.526. The lowest BCUT2D eigenvalue weighted by molar-refractivity contribution is -0.879. The number of esters is 1. The SMILES string of the molecule is C[N+]1(C)CC[C@@H](OC(=O)[C@@H](O)c2ccccc2C2=CCCC2)C1. The Labute approximate surface area is 138 Å². The molecule has 1 fully saturated rings. The van der Waals surface area contributed by atoms with Crippen molar-refractivity contribution in [1.29, 1.82) is 0 Å². The second-order valence-electron chi connectivity index (χ2n) is 7.30. The molecular weight excluding hydrogens is 290 g/mol. The number of likely N-dealkylation sites (N-methyl/N-ethyl adjacent to an activating group) is 1. The molecule has 0 bridgehead atoms. The summed E-state index contributed by atoms with van der Waals surface area (Å²) in [5.41, 5.74) is 2.88. The highest BCUT2D eigenvalue weighted by molar-refractivity contribution is 5.80. The van der Waals surface area contributed by atoms with E-state index in [0.717, 1.165) is 48.8 Å². The van der Waals surface area contributed by atoms with Gasteiger partial charge in [-0.15, -0.1) is 0 Å². The zero-order chi connectivity index (χ0) is 16.4. The van der Waals surface area contributed by atoms with Gasteiger partial charge in [-0.2, -0.15) is 0 Å². The number of aliphatic hydroxyl groups is 1. The van der Waals surface area contributed by atoms with E-state index in [9.17, 15) is 9.90 Å². The number of carbonyl (C=O) groups excluding carboxylic acids is 1. The number of aliphatic hydroxyl groups excluding tert-OH is 1. The number of allylic oxidation sites excluding steroid dienone is 2. The summed E-state index contributed by atoms with van der Waals surface area (Å²) in [4.78, 5) is 12.4. The third kappa shape index (κ3) is 3.65. The van der Waals surface area contributed by atoms with Gasteiger partial charge in [-0.25, -0.2) is 4.79 Å². The molecule has 0 saturated carbocycles. The van der Waals surface area contributed by atoms with Gasteiger partial charge in [0, 0.05) is 6.42 Å². The summed E-state index contributed by atoms with van der Waals surface area (Å²) in [6, 6.07) is 7.63. The molecule has 1 aromatic carbocycles. The van der Waals surface area contributed by atoms with Gasteiger partial charge in [-0.3, -0.25) is 0 Å². The second-order valence-corrected chi connectivity index (χ2v) is 7.30. The van der Waals surface area contributed by atoms with E-state index in [-0.39, 0.29) is 6.10 Å². The highest BCUT2D eigenvalue weighted by atomic mass is 16.6. The van der Waals surface area contributed by atoms with Crippen LogP contribution >= 0.6 is 0 Å². The number of quaternary nitrogens is 1. The molecule has 23 heavy (non-hydrogen) atoms. The fourth-order valence-electron chi connectivity index (χ4n) is 3.62. The number of ether oxygens (including phenoxy) is 1. The first-order valence-electron chi connectivity index (χ1n) is 8.45. The highest BCUT2D eigenvalue weighted by Crippen LogP contribution is 2.33. The zero-order valence-corrected chi connectivity index (χ0v) is 14.0. The minimum Gasteiger partial charge on any atom is -0.454 e. The van der Waals surface area contributed by atoms with E-state index >= 15 is 0 Å². The van der Waals surface area contributed by atoms with Crippen LogP contribution < -0.4 is 0 Å². The number of likely N-dealkylation sites (tertiary alicyclic amines) is 1. The maximum atomic E-state index is 12.4. The van der Waals surface area contributed by atoms with Crippen LogP contribution in [0.1, 0.15) is 42.9 Å². The van der Waals surface area contributed by atoms with Crippen LogP contribution in [-0.4, -0.2) is 48.8 Å². The first-order chi connectivity index (χ1) is 11.0. The average molecular weight is 316 g/mol. The molecule has 0 radical (unpaired) electrons. The third-order valence-electron chi connectivity index (χ3n) is 4.90. The van der Waals surface area contributed by atoms with Crippen LogP contribution in [0.3, 0.4) is 0 Å². The summed E-state index contributed by atoms with van der Waals surface area (Å²) in [7, 11) is 4.26. The zero-order valence-electron chi connectivity index (χ0n) is 14.0. The van der Waals surface area contributed by atoms with Crippen LogP contribution in [0.5, 0.6) is 0 Å². The van der Waals surface area contributed by atoms with Crippen molar-refractivity contribution in [2.45, 2.75) is 37.9 Å². The molecule has 0 aromatic heterocycles. The quantitative estimate of drug-likeness (QED) is 0.686. The van der Waals surface area contributed by atoms with Crippen molar-refractivity contribution in [3.8, 4) is 0 Å². The Morgan fingerprint density at radius 1 is 1.35 bits per heavy atom. The van der Waals surface area contributed by atoms with E-state index in [1.807, 2.05) is 24.3 Å². The van der Waals surface area contributed by atoms with Gasteiger partial charge in [0.1, 0.15) is 6.54 Å². The van der Waals surface area contributed by atoms with Gasteiger partial charge in [0.05, 0.1) is 20.6 Å². The summed E-state index contributed by atoms with van der Waals surface area (Å²) < 4.78 is 6.42. The van der Waals surface area contributed by atoms with E-state index < -0.39 is 12.1 Å². The number of nitrogens with zero attached hydrogens (tertiary/aromatic N) is 1. The van der Waals surface area contributed by atoms with E-state index in [2.05, 4.69) is 20.2 Å². The van der Waals surface area contributed by atoms with Crippen molar-refractivity contribution < 1.29 is 19.1 Å². The number of rotatable bonds is 4. The molecule has 2 atom stereocenters. The largest absolute Gasteiger partial charge is 0.454 e. The average Bonchev–Trinajstić information content (AvgIpc) is 3.16. The number of hydrogen-bond acceptors (Lipinski definition) is 3. The summed E-state index contributed by atoms with van der Waals surface area (Å²) >= 11 is 0. The summed E-state index contributed by atoms with van der Waals surface area (Å²) in [6.07, 6.45) is 4.98. The Morgan fingerprint density at radius 3 is 2.78 bits per heavy atom. The van der Waals surface area contributed by atoms with Gasteiger partial charge >= 0.3 is 5.97 Å². The maximum Gasteiger partial charge on any atom is 0.340 e. The predicted molar refractivity (Wildman–Crippen MR) is 89.6 cm³/mol. The van der Waals surface area contributed by atoms with Gasteiger partial charge < -0.3 is 14.3 Å². The normalized spacial score (nSPS) is 24.3. The van der Waals surface area contributed by atoms with Crippen LogP contribution in [0.4, 0.5) is 0 Å². The van der Waals surface area contributed by atoms with E-state index in [0.29, 0.717) is 5.56 Å². The third-order valence-corrected chi connectivity index (χ3v) is 4.90. The van der Waals surface area contributed by atoms with Crippen molar-refractivity contribution in [2.75, 3.05) is 27.2 Å². The molecule has 1 heterocycles. The standard InChI is InChI=1S/C19H26NO3/c1-20(2)12-11-15(13-20)23-19(22)18(21)17-10-6-5-9-16(17)14-7-3-4-8-14/h5-7,9-10,15,18,21H,3-4,8,11-13H2,1-2H3/q+1/t15-,18+/m1/s1. The first-order valence-corrected chi connectivity index (χ1v) is 8.45. The van der Waals surface area contributed by atoms with Crippen LogP contribution in [0.25, 0.3) is 5.57 Å². The lowest BCUT2D eigenvalue weighted by Crippen LogP contribution is -2.38. The summed E-state index contributed by atoms with van der Waals surface area (Å²) in [5.74, 6) is -0.525. The molecule has 0 unspecified atom stereocenters. The van der Waals surface area contributed by atoms with Gasteiger partial charge in [-0.05, 0) is 36.0 Å². The summed E-state index contributed by atoms with van der Waals surface area (Å²) in [5, 5.41) is 10.5. The first kappa shape index (κ1) is 16.2. The lowest BCUT2D eigenvalue weighted by Gasteiger charge is -2.23. The van der Waals surface area contributed by atoms with E-state index in [1.165, 1.54) is 5.57 Å². The molecule has 1 aromatic rings. The number of carbonyl (C=O) groups is 1. The van der Waals surface area contributed by atoms with Gasteiger partial charge in [0.15, 0.2) is 12.2 Å². The van der Waals surface area contributed by atoms with Gasteiger partial charge in [0.2, 0.25) is 0 Å². The molecule has 124 valence electrons. The molecule has 4 nitrogen and oxygen atoms in total. The monoisotopic (exact) mass is 316 g/mol. The van der Waals surface area contributed by atoms with Crippen LogP contribution in [0.2, 0.25) is 0 Å². The number of hydrogen-bond donors (Lipinski definition) is 1. The predicted octanol–water partition coefficient (Wildman–Crippen LogP) is 2.68. The van der Waals surface area contributed by atoms with Crippen molar-refractivity contribution >= 4 is 11.5 Å². The maximum absolute atomic E-state index is 12.4.